The molecule has 0 amide bonds. The van der Waals surface area contributed by atoms with Gasteiger partial charge in [0.15, 0.2) is 5.78 Å². The molecule has 0 unspecified atom stereocenters. The van der Waals surface area contributed by atoms with Crippen LogP contribution in [-0.2, 0) is 19.9 Å². The third-order valence-corrected chi connectivity index (χ3v) is 6.76. The summed E-state index contributed by atoms with van der Waals surface area (Å²) in [6.45, 7) is 2.02. The van der Waals surface area contributed by atoms with Crippen LogP contribution in [0.5, 0.6) is 0 Å². The third-order valence-electron chi connectivity index (χ3n) is 6.76. The van der Waals surface area contributed by atoms with E-state index in [0.717, 1.165) is 27.8 Å². The molecule has 0 aliphatic heterocycles. The first kappa shape index (κ1) is 26.8. The number of esters is 1. The molecule has 0 aliphatic rings. The van der Waals surface area contributed by atoms with E-state index in [1.165, 1.54) is 7.11 Å². The van der Waals surface area contributed by atoms with Gasteiger partial charge in [0.05, 0.1) is 12.6 Å². The Hall–Kier alpha value is -4.28. The molecule has 1 atom stereocenters. The van der Waals surface area contributed by atoms with Gasteiger partial charge in [0, 0.05) is 6.42 Å². The van der Waals surface area contributed by atoms with Crippen LogP contribution in [-0.4, -0.2) is 24.9 Å². The Labute approximate surface area is 225 Å². The number of benzene rings is 4. The monoisotopic (exact) mass is 503 g/mol. The predicted molar refractivity (Wildman–Crippen MR) is 152 cm³/mol. The largest absolute Gasteiger partial charge is 0.468 e. The lowest BCUT2D eigenvalue weighted by Gasteiger charge is -2.39. The van der Waals surface area contributed by atoms with Crippen LogP contribution < -0.4 is 5.32 Å². The number of carbonyl (C=O) groups is 2. The van der Waals surface area contributed by atoms with Gasteiger partial charge in [0.25, 0.3) is 0 Å². The number of carbonyl (C=O) groups excluding carboxylic acids is 2. The first-order valence-corrected chi connectivity index (χ1v) is 12.9. The lowest BCUT2D eigenvalue weighted by atomic mass is 9.76. The van der Waals surface area contributed by atoms with Crippen molar-refractivity contribution in [2.75, 3.05) is 7.11 Å². The molecule has 0 bridgehead atoms. The molecule has 38 heavy (non-hydrogen) atoms. The molecule has 192 valence electrons. The van der Waals surface area contributed by atoms with Gasteiger partial charge in [-0.3, -0.25) is 14.9 Å². The molecule has 4 aromatic carbocycles. The molecule has 0 saturated heterocycles. The minimum absolute atomic E-state index is 0.0444. The summed E-state index contributed by atoms with van der Waals surface area (Å²) < 4.78 is 5.21. The molecule has 0 fully saturated rings. The number of hydrogen-bond donors (Lipinski definition) is 1. The number of allylic oxidation sites excluding steroid dienone is 2. The summed E-state index contributed by atoms with van der Waals surface area (Å²) in [5.74, 6) is -0.631. The zero-order valence-electron chi connectivity index (χ0n) is 21.8. The second-order valence-electron chi connectivity index (χ2n) is 9.13. The molecule has 0 heterocycles. The minimum atomic E-state index is -0.903. The van der Waals surface area contributed by atoms with E-state index in [1.807, 2.05) is 128 Å². The Bertz CT molecular complexity index is 1250. The molecule has 4 aromatic rings. The molecule has 0 radical (unpaired) electrons. The van der Waals surface area contributed by atoms with Crippen LogP contribution in [0.2, 0.25) is 0 Å². The fraction of sp³-hybridized carbons (Fsp3) is 0.176. The highest BCUT2D eigenvalue weighted by Crippen LogP contribution is 2.37. The molecule has 4 heteroatoms. The molecule has 4 nitrogen and oxygen atoms in total. The van der Waals surface area contributed by atoms with Gasteiger partial charge in [-0.2, -0.15) is 0 Å². The van der Waals surface area contributed by atoms with Gasteiger partial charge in [-0.25, -0.2) is 0 Å². The van der Waals surface area contributed by atoms with E-state index >= 15 is 0 Å². The smallest absolute Gasteiger partial charge is 0.323 e. The Morgan fingerprint density at radius 3 is 1.55 bits per heavy atom. The van der Waals surface area contributed by atoms with Gasteiger partial charge < -0.3 is 4.74 Å². The summed E-state index contributed by atoms with van der Waals surface area (Å²) in [4.78, 5) is 26.6. The number of ether oxygens (including phenoxy) is 1. The first-order valence-electron chi connectivity index (χ1n) is 12.9. The molecule has 0 saturated carbocycles. The fourth-order valence-corrected chi connectivity index (χ4v) is 4.91. The summed E-state index contributed by atoms with van der Waals surface area (Å²) in [5, 5.41) is 3.60. The van der Waals surface area contributed by atoms with Crippen molar-refractivity contribution in [3.05, 3.63) is 150 Å². The maximum Gasteiger partial charge on any atom is 0.323 e. The molecule has 0 aromatic heterocycles. The number of methoxy groups -OCH3 is 1. The second kappa shape index (κ2) is 12.8. The second-order valence-corrected chi connectivity index (χ2v) is 9.13. The fourth-order valence-electron chi connectivity index (χ4n) is 4.91. The van der Waals surface area contributed by atoms with Crippen LogP contribution in [0.3, 0.4) is 0 Å². The van der Waals surface area contributed by atoms with E-state index in [1.54, 1.807) is 6.08 Å². The van der Waals surface area contributed by atoms with Crippen LogP contribution in [0.25, 0.3) is 5.57 Å². The van der Waals surface area contributed by atoms with E-state index in [4.69, 9.17) is 4.74 Å². The van der Waals surface area contributed by atoms with Gasteiger partial charge >= 0.3 is 5.97 Å². The van der Waals surface area contributed by atoms with E-state index in [0.29, 0.717) is 6.42 Å². The zero-order valence-corrected chi connectivity index (χ0v) is 21.8. The minimum Gasteiger partial charge on any atom is -0.468 e. The van der Waals surface area contributed by atoms with Gasteiger partial charge in [-0.15, -0.1) is 0 Å². The summed E-state index contributed by atoms with van der Waals surface area (Å²) in [5.41, 5.74) is 3.88. The lowest BCUT2D eigenvalue weighted by Crippen LogP contribution is -2.53. The van der Waals surface area contributed by atoms with Crippen molar-refractivity contribution in [1.29, 1.82) is 0 Å². The van der Waals surface area contributed by atoms with Crippen LogP contribution in [0, 0.1) is 0 Å². The number of hydrogen-bond acceptors (Lipinski definition) is 4. The maximum absolute atomic E-state index is 13.4. The highest BCUT2D eigenvalue weighted by molar-refractivity contribution is 5.99. The Balaban J connectivity index is 1.80. The standard InChI is InChI=1S/C34H33NO3/c1-3-26(27-16-8-4-9-17-27)24-31(36)25-32(33(37)38-2)35-34(28-18-10-5-11-19-28,29-20-12-6-13-21-29)30-22-14-7-15-23-30/h4-24,32,35H,3,25H2,1-2H3/b26-24+/t32-/m0/s1. The maximum atomic E-state index is 13.4. The Morgan fingerprint density at radius 2 is 1.16 bits per heavy atom. The van der Waals surface area contributed by atoms with Crippen molar-refractivity contribution in [3.8, 4) is 0 Å². The number of ketones is 1. The van der Waals surface area contributed by atoms with Crippen molar-refractivity contribution in [2.45, 2.75) is 31.3 Å². The summed E-state index contributed by atoms with van der Waals surface area (Å²) in [6.07, 6.45) is 2.31. The van der Waals surface area contributed by atoms with Gasteiger partial charge in [0.2, 0.25) is 0 Å². The highest BCUT2D eigenvalue weighted by atomic mass is 16.5. The van der Waals surface area contributed by atoms with E-state index in [-0.39, 0.29) is 12.2 Å². The Morgan fingerprint density at radius 1 is 0.737 bits per heavy atom. The summed E-state index contributed by atoms with van der Waals surface area (Å²) >= 11 is 0. The SMILES string of the molecule is CC/C(=C\C(=O)C[C@H](NC(c1ccccc1)(c1ccccc1)c1ccccc1)C(=O)OC)c1ccccc1. The van der Waals surface area contributed by atoms with Gasteiger partial charge in [-0.05, 0) is 40.3 Å². The van der Waals surface area contributed by atoms with E-state index in [2.05, 4.69) is 5.32 Å². The van der Waals surface area contributed by atoms with Crippen LogP contribution >= 0.6 is 0 Å². The van der Waals surface area contributed by atoms with E-state index in [9.17, 15) is 9.59 Å². The summed E-state index contributed by atoms with van der Waals surface area (Å²) in [7, 11) is 1.36. The summed E-state index contributed by atoms with van der Waals surface area (Å²) in [6, 6.07) is 38.9. The van der Waals surface area contributed by atoms with Gasteiger partial charge in [-0.1, -0.05) is 128 Å². The Kier molecular flexibility index (Phi) is 9.02. The molecule has 1 N–H and O–H groups in total. The van der Waals surface area contributed by atoms with Crippen LogP contribution in [0.4, 0.5) is 0 Å². The van der Waals surface area contributed by atoms with Gasteiger partial charge in [0.1, 0.15) is 6.04 Å². The lowest BCUT2D eigenvalue weighted by molar-refractivity contribution is -0.144. The zero-order chi connectivity index (χ0) is 26.8. The highest BCUT2D eigenvalue weighted by Gasteiger charge is 2.40. The molecule has 4 rings (SSSR count). The van der Waals surface area contributed by atoms with Crippen LogP contribution in [0.15, 0.2) is 127 Å². The van der Waals surface area contributed by atoms with Crippen molar-refractivity contribution in [3.63, 3.8) is 0 Å². The van der Waals surface area contributed by atoms with Crippen molar-refractivity contribution in [1.82, 2.24) is 5.32 Å². The quantitative estimate of drug-likeness (QED) is 0.143. The average molecular weight is 504 g/mol. The van der Waals surface area contributed by atoms with Crippen molar-refractivity contribution in [2.24, 2.45) is 0 Å². The van der Waals surface area contributed by atoms with E-state index < -0.39 is 17.6 Å². The topological polar surface area (TPSA) is 55.4 Å². The van der Waals surface area contributed by atoms with Crippen molar-refractivity contribution >= 4 is 17.3 Å². The average Bonchev–Trinajstić information content (AvgIpc) is 2.99. The molecule has 0 spiro atoms. The molecular formula is C34H33NO3. The molecular weight excluding hydrogens is 470 g/mol. The van der Waals surface area contributed by atoms with Crippen molar-refractivity contribution < 1.29 is 14.3 Å². The molecule has 0 aliphatic carbocycles. The third kappa shape index (κ3) is 5.99. The number of rotatable bonds is 11. The predicted octanol–water partition coefficient (Wildman–Crippen LogP) is 6.56. The number of nitrogens with one attached hydrogen (secondary N) is 1. The normalized spacial score (nSPS) is 12.5. The first-order chi connectivity index (χ1) is 18.6. The van der Waals surface area contributed by atoms with Crippen LogP contribution in [0.1, 0.15) is 42.0 Å².